The van der Waals surface area contributed by atoms with Gasteiger partial charge in [-0.15, -0.1) is 0 Å². The molecule has 0 spiro atoms. The maximum atomic E-state index is 5.47. The first-order valence-electron chi connectivity index (χ1n) is 2.57. The Morgan fingerprint density at radius 2 is 1.86 bits per heavy atom. The zero-order valence-electron chi connectivity index (χ0n) is 4.31. The van der Waals surface area contributed by atoms with Gasteiger partial charge in [0.15, 0.2) is 0 Å². The van der Waals surface area contributed by atoms with E-state index in [4.69, 9.17) is 12.7 Å². The number of hydrogen-bond acceptors (Lipinski definition) is 1. The molecule has 1 saturated heterocycles. The van der Waals surface area contributed by atoms with E-state index in [0.717, 1.165) is 31.1 Å². The van der Waals surface area contributed by atoms with Gasteiger partial charge in [-0.3, -0.25) is 0 Å². The van der Waals surface area contributed by atoms with Crippen LogP contribution in [0.5, 0.6) is 0 Å². The molecule has 1 N–H and O–H groups in total. The quantitative estimate of drug-likeness (QED) is 0.345. The minimum absolute atomic E-state index is 0.825. The Balaban J connectivity index is 2.12. The normalized spacial score (nSPS) is 25.1. The van der Waals surface area contributed by atoms with E-state index < -0.39 is 0 Å². The molecular formula is C4H9BNO+. The number of ether oxygens (including phenoxy) is 1. The summed E-state index contributed by atoms with van der Waals surface area (Å²) in [5.74, 6) is 0. The highest BCUT2D eigenvalue weighted by atomic mass is 16.5. The lowest BCUT2D eigenvalue weighted by molar-refractivity contribution is -0.789. The lowest BCUT2D eigenvalue weighted by Gasteiger charge is -2.19. The summed E-state index contributed by atoms with van der Waals surface area (Å²) in [7, 11) is 5.47. The van der Waals surface area contributed by atoms with Crippen molar-refractivity contribution < 1.29 is 9.55 Å². The maximum absolute atomic E-state index is 5.47. The van der Waals surface area contributed by atoms with Crippen molar-refractivity contribution >= 4 is 7.98 Å². The minimum atomic E-state index is 0.825. The van der Waals surface area contributed by atoms with Gasteiger partial charge in [0.1, 0.15) is 0 Å². The van der Waals surface area contributed by atoms with Gasteiger partial charge in [0.2, 0.25) is 0 Å². The van der Waals surface area contributed by atoms with Crippen LogP contribution in [-0.2, 0) is 4.74 Å². The third-order valence-electron chi connectivity index (χ3n) is 1.14. The highest BCUT2D eigenvalue weighted by Gasteiger charge is 2.06. The average molecular weight is 97.9 g/mol. The van der Waals surface area contributed by atoms with Crippen LogP contribution in [0.15, 0.2) is 0 Å². The molecule has 2 nitrogen and oxygen atoms in total. The fourth-order valence-electron chi connectivity index (χ4n) is 0.634. The molecule has 0 aromatic rings. The second kappa shape index (κ2) is 2.33. The zero-order valence-corrected chi connectivity index (χ0v) is 4.31. The van der Waals surface area contributed by atoms with Crippen LogP contribution in [-0.4, -0.2) is 34.3 Å². The summed E-state index contributed by atoms with van der Waals surface area (Å²) in [6, 6.07) is 0. The predicted octanol–water partition coefficient (Wildman–Crippen LogP) is -2.01. The van der Waals surface area contributed by atoms with Gasteiger partial charge in [-0.1, -0.05) is 0 Å². The molecule has 0 bridgehead atoms. The first-order chi connectivity index (χ1) is 3.39. The summed E-state index contributed by atoms with van der Waals surface area (Å²) in [6.07, 6.45) is 0. The average Bonchev–Trinajstić information content (AvgIpc) is 1.69. The molecule has 0 saturated carbocycles. The van der Waals surface area contributed by atoms with Gasteiger partial charge in [-0.25, -0.2) is 0 Å². The summed E-state index contributed by atoms with van der Waals surface area (Å²) < 4.78 is 5.04. The van der Waals surface area contributed by atoms with Crippen LogP contribution in [0.2, 0.25) is 0 Å². The van der Waals surface area contributed by atoms with E-state index >= 15 is 0 Å². The van der Waals surface area contributed by atoms with Crippen molar-refractivity contribution in [3.8, 4) is 0 Å². The van der Waals surface area contributed by atoms with E-state index in [0.29, 0.717) is 0 Å². The van der Waals surface area contributed by atoms with Crippen molar-refractivity contribution in [2.75, 3.05) is 26.3 Å². The molecule has 7 heavy (non-hydrogen) atoms. The first-order valence-corrected chi connectivity index (χ1v) is 2.57. The Bertz CT molecular complexity index is 53.7. The molecule has 0 aliphatic carbocycles. The van der Waals surface area contributed by atoms with Gasteiger partial charge < -0.3 is 9.55 Å². The van der Waals surface area contributed by atoms with Gasteiger partial charge in [-0.2, -0.15) is 0 Å². The first kappa shape index (κ1) is 5.13. The van der Waals surface area contributed by atoms with E-state index in [1.54, 1.807) is 0 Å². The Morgan fingerprint density at radius 3 is 2.14 bits per heavy atom. The number of hydrogen-bond donors (Lipinski definition) is 1. The van der Waals surface area contributed by atoms with E-state index in [2.05, 4.69) is 0 Å². The third-order valence-corrected chi connectivity index (χ3v) is 1.14. The monoisotopic (exact) mass is 98.1 g/mol. The minimum Gasteiger partial charge on any atom is -0.404 e. The lowest BCUT2D eigenvalue weighted by atomic mass is 10.3. The molecular weight excluding hydrogens is 88.9 g/mol. The van der Waals surface area contributed by atoms with E-state index in [1.807, 2.05) is 0 Å². The SMILES string of the molecule is [B][NH+]1CCOCC1. The summed E-state index contributed by atoms with van der Waals surface area (Å²) in [4.78, 5) is 1.09. The smallest absolute Gasteiger partial charge is 0.404 e. The van der Waals surface area contributed by atoms with Crippen LogP contribution >= 0.6 is 0 Å². The third kappa shape index (κ3) is 1.49. The molecule has 38 valence electrons. The highest BCUT2D eigenvalue weighted by molar-refractivity contribution is 5.95. The van der Waals surface area contributed by atoms with Gasteiger partial charge in [0, 0.05) is 0 Å². The molecule has 0 aromatic carbocycles. The van der Waals surface area contributed by atoms with Crippen LogP contribution in [0.25, 0.3) is 0 Å². The summed E-state index contributed by atoms with van der Waals surface area (Å²) in [5, 5.41) is 0. The van der Waals surface area contributed by atoms with Crippen LogP contribution in [0.3, 0.4) is 0 Å². The second-order valence-electron chi connectivity index (χ2n) is 1.77. The maximum Gasteiger partial charge on any atom is 0.479 e. The molecule has 2 radical (unpaired) electrons. The van der Waals surface area contributed by atoms with Crippen molar-refractivity contribution in [3.63, 3.8) is 0 Å². The fraction of sp³-hybridized carbons (Fsp3) is 1.00. The summed E-state index contributed by atoms with van der Waals surface area (Å²) in [5.41, 5.74) is 0. The molecule has 1 aliphatic heterocycles. The second-order valence-corrected chi connectivity index (χ2v) is 1.77. The molecule has 0 atom stereocenters. The van der Waals surface area contributed by atoms with Crippen LogP contribution in [0, 0.1) is 0 Å². The number of quaternary nitrogens is 1. The Hall–Kier alpha value is -0.0151. The largest absolute Gasteiger partial charge is 0.479 e. The van der Waals surface area contributed by atoms with Crippen LogP contribution in [0.4, 0.5) is 0 Å². The van der Waals surface area contributed by atoms with Crippen LogP contribution in [0.1, 0.15) is 0 Å². The molecule has 1 heterocycles. The molecule has 1 rings (SSSR count). The number of nitrogens with one attached hydrogen (secondary N) is 1. The number of morpholine rings is 1. The number of rotatable bonds is 0. The summed E-state index contributed by atoms with van der Waals surface area (Å²) in [6.45, 7) is 3.57. The van der Waals surface area contributed by atoms with Gasteiger partial charge in [0.05, 0.1) is 26.3 Å². The van der Waals surface area contributed by atoms with E-state index in [9.17, 15) is 0 Å². The molecule has 1 aliphatic rings. The highest BCUT2D eigenvalue weighted by Crippen LogP contribution is 1.71. The molecule has 1 fully saturated rings. The van der Waals surface area contributed by atoms with Crippen molar-refractivity contribution in [1.29, 1.82) is 0 Å². The van der Waals surface area contributed by atoms with Crippen molar-refractivity contribution in [3.05, 3.63) is 0 Å². The van der Waals surface area contributed by atoms with Crippen molar-refractivity contribution in [2.24, 2.45) is 0 Å². The molecule has 0 amide bonds. The molecule has 3 heteroatoms. The standard InChI is InChI=1S/C4H9BNO/c5-6-1-3-7-4-2-6/h6H,1-4H2/q+1. The fourth-order valence-corrected chi connectivity index (χ4v) is 0.634. The van der Waals surface area contributed by atoms with E-state index in [1.165, 1.54) is 0 Å². The van der Waals surface area contributed by atoms with Gasteiger partial charge in [-0.05, 0) is 0 Å². The molecule has 0 unspecified atom stereocenters. The van der Waals surface area contributed by atoms with Gasteiger partial charge in [0.25, 0.3) is 0 Å². The van der Waals surface area contributed by atoms with Crippen LogP contribution < -0.4 is 4.81 Å². The zero-order chi connectivity index (χ0) is 5.11. The lowest BCUT2D eigenvalue weighted by Crippen LogP contribution is -3.12. The van der Waals surface area contributed by atoms with Crippen molar-refractivity contribution in [1.82, 2.24) is 0 Å². The molecule has 0 aromatic heterocycles. The summed E-state index contributed by atoms with van der Waals surface area (Å²) >= 11 is 0. The Morgan fingerprint density at radius 1 is 1.29 bits per heavy atom. The topological polar surface area (TPSA) is 13.7 Å². The predicted molar refractivity (Wildman–Crippen MR) is 27.3 cm³/mol. The Kier molecular flexibility index (Phi) is 1.71. The Labute approximate surface area is 44.9 Å². The van der Waals surface area contributed by atoms with Crippen molar-refractivity contribution in [2.45, 2.75) is 0 Å². The van der Waals surface area contributed by atoms with Gasteiger partial charge >= 0.3 is 7.98 Å². The van der Waals surface area contributed by atoms with E-state index in [-0.39, 0.29) is 0 Å².